The van der Waals surface area contributed by atoms with E-state index in [2.05, 4.69) is 52.0 Å². The van der Waals surface area contributed by atoms with E-state index >= 15 is 0 Å². The highest BCUT2D eigenvalue weighted by atomic mass is 16.6. The summed E-state index contributed by atoms with van der Waals surface area (Å²) in [7, 11) is 0. The SMILES string of the molecule is CCCCC(C)CC(C)(C)Cc1ccc(C2CO2)cc1. The predicted molar refractivity (Wildman–Crippen MR) is 85.9 cm³/mol. The van der Waals surface area contributed by atoms with Crippen molar-refractivity contribution in [2.45, 2.75) is 65.9 Å². The van der Waals surface area contributed by atoms with Crippen LogP contribution in [-0.4, -0.2) is 6.61 Å². The van der Waals surface area contributed by atoms with Gasteiger partial charge in [0.15, 0.2) is 0 Å². The van der Waals surface area contributed by atoms with Crippen molar-refractivity contribution < 1.29 is 4.74 Å². The predicted octanol–water partition coefficient (Wildman–Crippen LogP) is 5.54. The minimum absolute atomic E-state index is 0.381. The molecule has 0 radical (unpaired) electrons. The van der Waals surface area contributed by atoms with E-state index in [0.717, 1.165) is 12.5 Å². The lowest BCUT2D eigenvalue weighted by Gasteiger charge is -2.28. The van der Waals surface area contributed by atoms with Crippen LogP contribution in [0.3, 0.4) is 0 Å². The molecule has 0 aromatic heterocycles. The fraction of sp³-hybridized carbons (Fsp3) is 0.684. The molecule has 1 heterocycles. The molecule has 112 valence electrons. The molecule has 1 fully saturated rings. The minimum Gasteiger partial charge on any atom is -0.368 e. The highest BCUT2D eigenvalue weighted by Gasteiger charge is 2.25. The molecular weight excluding hydrogens is 244 g/mol. The van der Waals surface area contributed by atoms with Gasteiger partial charge < -0.3 is 4.74 Å². The average Bonchev–Trinajstić information content (AvgIpc) is 3.20. The van der Waals surface area contributed by atoms with Crippen LogP contribution < -0.4 is 0 Å². The summed E-state index contributed by atoms with van der Waals surface area (Å²) in [5.74, 6) is 0.837. The maximum Gasteiger partial charge on any atom is 0.106 e. The normalized spacial score (nSPS) is 19.9. The van der Waals surface area contributed by atoms with Gasteiger partial charge in [-0.3, -0.25) is 0 Å². The molecule has 2 rings (SSSR count). The van der Waals surface area contributed by atoms with E-state index in [0.29, 0.717) is 11.5 Å². The van der Waals surface area contributed by atoms with Crippen molar-refractivity contribution in [3.8, 4) is 0 Å². The molecule has 0 saturated carbocycles. The van der Waals surface area contributed by atoms with Gasteiger partial charge in [-0.1, -0.05) is 71.2 Å². The number of hydrogen-bond acceptors (Lipinski definition) is 1. The summed E-state index contributed by atoms with van der Waals surface area (Å²) in [6.45, 7) is 10.4. The quantitative estimate of drug-likeness (QED) is 0.567. The summed E-state index contributed by atoms with van der Waals surface area (Å²) >= 11 is 0. The lowest BCUT2D eigenvalue weighted by Crippen LogP contribution is -2.18. The Morgan fingerprint density at radius 1 is 1.25 bits per heavy atom. The first-order valence-electron chi connectivity index (χ1n) is 8.20. The van der Waals surface area contributed by atoms with E-state index in [1.165, 1.54) is 43.2 Å². The average molecular weight is 274 g/mol. The van der Waals surface area contributed by atoms with Crippen molar-refractivity contribution in [1.29, 1.82) is 0 Å². The molecular formula is C19H30O. The highest BCUT2D eigenvalue weighted by molar-refractivity contribution is 5.26. The zero-order valence-electron chi connectivity index (χ0n) is 13.6. The Morgan fingerprint density at radius 2 is 1.90 bits per heavy atom. The molecule has 2 atom stereocenters. The van der Waals surface area contributed by atoms with Crippen molar-refractivity contribution in [3.05, 3.63) is 35.4 Å². The highest BCUT2D eigenvalue weighted by Crippen LogP contribution is 2.33. The second kappa shape index (κ2) is 6.76. The third-order valence-corrected chi connectivity index (χ3v) is 4.32. The van der Waals surface area contributed by atoms with Gasteiger partial charge in [0.25, 0.3) is 0 Å². The largest absolute Gasteiger partial charge is 0.368 e. The molecule has 1 aliphatic heterocycles. The molecule has 0 spiro atoms. The number of benzene rings is 1. The number of ether oxygens (including phenoxy) is 1. The molecule has 20 heavy (non-hydrogen) atoms. The van der Waals surface area contributed by atoms with E-state index in [1.807, 2.05) is 0 Å². The molecule has 2 unspecified atom stereocenters. The number of hydrogen-bond donors (Lipinski definition) is 0. The summed E-state index contributed by atoms with van der Waals surface area (Å²) in [5, 5.41) is 0. The summed E-state index contributed by atoms with van der Waals surface area (Å²) in [6.07, 6.45) is 6.93. The zero-order chi connectivity index (χ0) is 14.6. The smallest absolute Gasteiger partial charge is 0.106 e. The minimum atomic E-state index is 0.381. The van der Waals surface area contributed by atoms with E-state index in [-0.39, 0.29) is 0 Å². The molecule has 1 aliphatic rings. The molecule has 1 nitrogen and oxygen atoms in total. The van der Waals surface area contributed by atoms with Gasteiger partial charge in [-0.05, 0) is 35.3 Å². The van der Waals surface area contributed by atoms with Crippen LogP contribution in [0.1, 0.15) is 70.6 Å². The van der Waals surface area contributed by atoms with Crippen LogP contribution in [0.25, 0.3) is 0 Å². The van der Waals surface area contributed by atoms with Gasteiger partial charge in [0.05, 0.1) is 6.61 Å². The van der Waals surface area contributed by atoms with Crippen LogP contribution in [0, 0.1) is 11.3 Å². The van der Waals surface area contributed by atoms with Crippen LogP contribution in [-0.2, 0) is 11.2 Å². The molecule has 1 saturated heterocycles. The van der Waals surface area contributed by atoms with Crippen LogP contribution in [0.4, 0.5) is 0 Å². The standard InChI is InChI=1S/C19H30O/c1-5-6-7-15(2)12-19(3,4)13-16-8-10-17(11-9-16)18-14-20-18/h8-11,15,18H,5-7,12-14H2,1-4H3. The maximum atomic E-state index is 5.33. The van der Waals surface area contributed by atoms with Crippen LogP contribution in [0.15, 0.2) is 24.3 Å². The van der Waals surface area contributed by atoms with Crippen molar-refractivity contribution in [1.82, 2.24) is 0 Å². The first-order chi connectivity index (χ1) is 9.50. The fourth-order valence-electron chi connectivity index (χ4n) is 3.31. The van der Waals surface area contributed by atoms with Gasteiger partial charge in [-0.2, -0.15) is 0 Å². The molecule has 1 heteroatoms. The van der Waals surface area contributed by atoms with Gasteiger partial charge in [-0.15, -0.1) is 0 Å². The van der Waals surface area contributed by atoms with Crippen LogP contribution >= 0.6 is 0 Å². The summed E-state index contributed by atoms with van der Waals surface area (Å²) in [6, 6.07) is 9.05. The third-order valence-electron chi connectivity index (χ3n) is 4.32. The molecule has 0 N–H and O–H groups in total. The van der Waals surface area contributed by atoms with E-state index in [1.54, 1.807) is 0 Å². The molecule has 1 aromatic rings. The van der Waals surface area contributed by atoms with Gasteiger partial charge in [0.2, 0.25) is 0 Å². The first kappa shape index (κ1) is 15.6. The number of unbranched alkanes of at least 4 members (excludes halogenated alkanes) is 1. The molecule has 0 bridgehead atoms. The van der Waals surface area contributed by atoms with Crippen LogP contribution in [0.5, 0.6) is 0 Å². The number of rotatable bonds is 8. The van der Waals surface area contributed by atoms with Crippen LogP contribution in [0.2, 0.25) is 0 Å². The zero-order valence-corrected chi connectivity index (χ0v) is 13.6. The van der Waals surface area contributed by atoms with E-state index in [9.17, 15) is 0 Å². The molecule has 0 aliphatic carbocycles. The van der Waals surface area contributed by atoms with Crippen molar-refractivity contribution in [2.75, 3.05) is 6.61 Å². The van der Waals surface area contributed by atoms with E-state index < -0.39 is 0 Å². The Labute approximate surface area is 124 Å². The lowest BCUT2D eigenvalue weighted by molar-refractivity contribution is 0.263. The van der Waals surface area contributed by atoms with Gasteiger partial charge in [0, 0.05) is 0 Å². The molecule has 0 amide bonds. The van der Waals surface area contributed by atoms with Gasteiger partial charge >= 0.3 is 0 Å². The first-order valence-corrected chi connectivity index (χ1v) is 8.20. The maximum absolute atomic E-state index is 5.33. The third kappa shape index (κ3) is 4.94. The summed E-state index contributed by atoms with van der Waals surface area (Å²) < 4.78 is 5.33. The Kier molecular flexibility index (Phi) is 5.26. The Bertz CT molecular complexity index is 400. The summed E-state index contributed by atoms with van der Waals surface area (Å²) in [5.41, 5.74) is 3.19. The fourth-order valence-corrected chi connectivity index (χ4v) is 3.31. The Morgan fingerprint density at radius 3 is 2.45 bits per heavy atom. The van der Waals surface area contributed by atoms with Gasteiger partial charge in [-0.25, -0.2) is 0 Å². The van der Waals surface area contributed by atoms with Crippen molar-refractivity contribution in [2.24, 2.45) is 11.3 Å². The number of epoxide rings is 1. The van der Waals surface area contributed by atoms with Crippen molar-refractivity contribution >= 4 is 0 Å². The Hall–Kier alpha value is -0.820. The monoisotopic (exact) mass is 274 g/mol. The summed E-state index contributed by atoms with van der Waals surface area (Å²) in [4.78, 5) is 0. The van der Waals surface area contributed by atoms with E-state index in [4.69, 9.17) is 4.74 Å². The van der Waals surface area contributed by atoms with Crippen molar-refractivity contribution in [3.63, 3.8) is 0 Å². The molecule has 1 aromatic carbocycles. The topological polar surface area (TPSA) is 12.5 Å². The lowest BCUT2D eigenvalue weighted by atomic mass is 9.77. The second-order valence-electron chi connectivity index (χ2n) is 7.36. The van der Waals surface area contributed by atoms with Gasteiger partial charge in [0.1, 0.15) is 6.10 Å². The second-order valence-corrected chi connectivity index (χ2v) is 7.36. The Balaban J connectivity index is 1.86.